The van der Waals surface area contributed by atoms with Gasteiger partial charge in [-0.1, -0.05) is 47.8 Å². The van der Waals surface area contributed by atoms with Crippen molar-refractivity contribution in [3.8, 4) is 0 Å². The quantitative estimate of drug-likeness (QED) is 0.769. The Kier molecular flexibility index (Phi) is 5.96. The van der Waals surface area contributed by atoms with Crippen LogP contribution in [0.25, 0.3) is 0 Å². The minimum atomic E-state index is 0.984. The number of rotatable bonds is 6. The molecule has 0 atom stereocenters. The van der Waals surface area contributed by atoms with E-state index in [0.717, 1.165) is 13.1 Å². The van der Waals surface area contributed by atoms with Crippen molar-refractivity contribution in [1.29, 1.82) is 0 Å². The number of aryl methyl sites for hydroxylation is 1. The van der Waals surface area contributed by atoms with Crippen LogP contribution in [0, 0.1) is 6.92 Å². The van der Waals surface area contributed by atoms with Crippen molar-refractivity contribution >= 4 is 15.9 Å². The van der Waals surface area contributed by atoms with Gasteiger partial charge in [-0.05, 0) is 37.1 Å². The summed E-state index contributed by atoms with van der Waals surface area (Å²) in [5.74, 6) is 0. The molecule has 84 valence electrons. The van der Waals surface area contributed by atoms with E-state index >= 15 is 0 Å². The molecule has 0 fully saturated rings. The molecule has 1 N–H and O–H groups in total. The Labute approximate surface area is 101 Å². The summed E-state index contributed by atoms with van der Waals surface area (Å²) in [6.45, 7) is 6.48. The van der Waals surface area contributed by atoms with Gasteiger partial charge in [-0.3, -0.25) is 0 Å². The van der Waals surface area contributed by atoms with Gasteiger partial charge >= 0.3 is 0 Å². The van der Waals surface area contributed by atoms with Crippen molar-refractivity contribution in [1.82, 2.24) is 5.32 Å². The Bertz CT molecular complexity index is 297. The molecule has 0 spiro atoms. The fourth-order valence-electron chi connectivity index (χ4n) is 1.55. The van der Waals surface area contributed by atoms with E-state index in [1.54, 1.807) is 0 Å². The monoisotopic (exact) mass is 269 g/mol. The number of hydrogen-bond acceptors (Lipinski definition) is 1. The van der Waals surface area contributed by atoms with Crippen LogP contribution in [0.3, 0.4) is 0 Å². The average Bonchev–Trinajstić information content (AvgIpc) is 2.23. The fourth-order valence-corrected chi connectivity index (χ4v) is 1.80. The van der Waals surface area contributed by atoms with E-state index in [4.69, 9.17) is 0 Å². The molecule has 0 heterocycles. The van der Waals surface area contributed by atoms with Gasteiger partial charge in [0.15, 0.2) is 0 Å². The van der Waals surface area contributed by atoms with E-state index in [0.29, 0.717) is 0 Å². The van der Waals surface area contributed by atoms with Gasteiger partial charge in [0, 0.05) is 11.0 Å². The number of benzene rings is 1. The fraction of sp³-hybridized carbons (Fsp3) is 0.538. The van der Waals surface area contributed by atoms with E-state index in [-0.39, 0.29) is 0 Å². The number of nitrogens with one attached hydrogen (secondary N) is 1. The van der Waals surface area contributed by atoms with Crippen LogP contribution in [0.1, 0.15) is 37.3 Å². The zero-order valence-electron chi connectivity index (χ0n) is 9.65. The summed E-state index contributed by atoms with van der Waals surface area (Å²) < 4.78 is 1.19. The third-order valence-electron chi connectivity index (χ3n) is 2.51. The van der Waals surface area contributed by atoms with E-state index in [1.165, 1.54) is 34.9 Å². The van der Waals surface area contributed by atoms with Gasteiger partial charge < -0.3 is 5.32 Å². The molecule has 1 aromatic rings. The van der Waals surface area contributed by atoms with Gasteiger partial charge in [0.25, 0.3) is 0 Å². The molecule has 1 rings (SSSR count). The molecular formula is C13H20BrN. The molecule has 0 aliphatic carbocycles. The van der Waals surface area contributed by atoms with E-state index in [1.807, 2.05) is 0 Å². The second-order valence-electron chi connectivity index (χ2n) is 3.97. The lowest BCUT2D eigenvalue weighted by Crippen LogP contribution is -2.14. The van der Waals surface area contributed by atoms with Crippen LogP contribution in [0.4, 0.5) is 0 Å². The Balaban J connectivity index is 2.28. The van der Waals surface area contributed by atoms with Gasteiger partial charge in [0.2, 0.25) is 0 Å². The first-order chi connectivity index (χ1) is 7.24. The highest BCUT2D eigenvalue weighted by Crippen LogP contribution is 2.16. The van der Waals surface area contributed by atoms with Crippen molar-refractivity contribution in [2.45, 2.75) is 39.7 Å². The van der Waals surface area contributed by atoms with Crippen LogP contribution in [-0.4, -0.2) is 6.54 Å². The zero-order chi connectivity index (χ0) is 11.1. The highest BCUT2D eigenvalue weighted by molar-refractivity contribution is 9.10. The second kappa shape index (κ2) is 7.02. The van der Waals surface area contributed by atoms with Crippen LogP contribution in [0.5, 0.6) is 0 Å². The third kappa shape index (κ3) is 4.80. The predicted octanol–water partition coefficient (Wildman–Crippen LogP) is 4.04. The van der Waals surface area contributed by atoms with Crippen molar-refractivity contribution in [3.05, 3.63) is 33.8 Å². The Morgan fingerprint density at radius 2 is 2.07 bits per heavy atom. The smallest absolute Gasteiger partial charge is 0.0205 e. The Morgan fingerprint density at radius 1 is 1.27 bits per heavy atom. The third-order valence-corrected chi connectivity index (χ3v) is 3.40. The van der Waals surface area contributed by atoms with Crippen LogP contribution < -0.4 is 5.32 Å². The van der Waals surface area contributed by atoms with Gasteiger partial charge in [-0.25, -0.2) is 0 Å². The highest BCUT2D eigenvalue weighted by atomic mass is 79.9. The van der Waals surface area contributed by atoms with Crippen molar-refractivity contribution in [2.75, 3.05) is 6.54 Å². The summed E-state index contributed by atoms with van der Waals surface area (Å²) >= 11 is 3.51. The van der Waals surface area contributed by atoms with Crippen LogP contribution >= 0.6 is 15.9 Å². The van der Waals surface area contributed by atoms with Crippen molar-refractivity contribution in [2.24, 2.45) is 0 Å². The molecule has 2 heteroatoms. The highest BCUT2D eigenvalue weighted by Gasteiger charge is 1.96. The molecule has 0 saturated carbocycles. The van der Waals surface area contributed by atoms with E-state index in [2.05, 4.69) is 53.3 Å². The lowest BCUT2D eigenvalue weighted by Gasteiger charge is -2.06. The molecule has 0 amide bonds. The normalized spacial score (nSPS) is 10.6. The molecular weight excluding hydrogens is 250 g/mol. The molecule has 1 nitrogen and oxygen atoms in total. The number of hydrogen-bond donors (Lipinski definition) is 1. The van der Waals surface area contributed by atoms with Gasteiger partial charge in [0.1, 0.15) is 0 Å². The average molecular weight is 270 g/mol. The maximum Gasteiger partial charge on any atom is 0.0205 e. The summed E-state index contributed by atoms with van der Waals surface area (Å²) in [6.07, 6.45) is 3.90. The predicted molar refractivity (Wildman–Crippen MR) is 70.1 cm³/mol. The molecule has 15 heavy (non-hydrogen) atoms. The molecule has 0 unspecified atom stereocenters. The molecule has 0 aromatic heterocycles. The van der Waals surface area contributed by atoms with Gasteiger partial charge in [0.05, 0.1) is 0 Å². The summed E-state index contributed by atoms with van der Waals surface area (Å²) in [5, 5.41) is 3.47. The first kappa shape index (κ1) is 12.7. The number of halogens is 1. The lowest BCUT2D eigenvalue weighted by molar-refractivity contribution is 0.616. The molecule has 0 saturated heterocycles. The maximum absolute atomic E-state index is 3.51. The summed E-state index contributed by atoms with van der Waals surface area (Å²) in [5.41, 5.74) is 2.68. The largest absolute Gasteiger partial charge is 0.313 e. The molecule has 0 radical (unpaired) electrons. The first-order valence-electron chi connectivity index (χ1n) is 5.69. The molecule has 0 aliphatic heterocycles. The second-order valence-corrected chi connectivity index (χ2v) is 4.82. The van der Waals surface area contributed by atoms with Crippen molar-refractivity contribution < 1.29 is 0 Å². The van der Waals surface area contributed by atoms with E-state index < -0.39 is 0 Å². The Morgan fingerprint density at radius 3 is 2.73 bits per heavy atom. The molecule has 0 aliphatic rings. The summed E-state index contributed by atoms with van der Waals surface area (Å²) in [6, 6.07) is 6.53. The minimum absolute atomic E-state index is 0.984. The molecule has 0 bridgehead atoms. The standard InChI is InChI=1S/C13H20BrN/c1-3-4-5-8-15-10-12-6-7-13(14)11(2)9-12/h6-7,9,15H,3-5,8,10H2,1-2H3. The number of unbranched alkanes of at least 4 members (excludes halogenated alkanes) is 2. The topological polar surface area (TPSA) is 12.0 Å². The maximum atomic E-state index is 3.51. The first-order valence-corrected chi connectivity index (χ1v) is 6.49. The minimum Gasteiger partial charge on any atom is -0.313 e. The summed E-state index contributed by atoms with van der Waals surface area (Å²) in [7, 11) is 0. The van der Waals surface area contributed by atoms with Gasteiger partial charge in [-0.2, -0.15) is 0 Å². The Hall–Kier alpha value is -0.340. The lowest BCUT2D eigenvalue weighted by atomic mass is 10.1. The van der Waals surface area contributed by atoms with E-state index in [9.17, 15) is 0 Å². The SMILES string of the molecule is CCCCCNCc1ccc(Br)c(C)c1. The zero-order valence-corrected chi connectivity index (χ0v) is 11.2. The van der Waals surface area contributed by atoms with Gasteiger partial charge in [-0.15, -0.1) is 0 Å². The van der Waals surface area contributed by atoms with Crippen LogP contribution in [0.15, 0.2) is 22.7 Å². The summed E-state index contributed by atoms with van der Waals surface area (Å²) in [4.78, 5) is 0. The van der Waals surface area contributed by atoms with Crippen LogP contribution in [0.2, 0.25) is 0 Å². The molecule has 1 aromatic carbocycles. The van der Waals surface area contributed by atoms with Crippen LogP contribution in [-0.2, 0) is 6.54 Å². The van der Waals surface area contributed by atoms with Crippen molar-refractivity contribution in [3.63, 3.8) is 0 Å².